The van der Waals surface area contributed by atoms with Gasteiger partial charge in [0, 0.05) is 5.88 Å². The van der Waals surface area contributed by atoms with Crippen molar-refractivity contribution in [1.82, 2.24) is 4.98 Å². The van der Waals surface area contributed by atoms with E-state index >= 15 is 0 Å². The zero-order chi connectivity index (χ0) is 17.5. The predicted molar refractivity (Wildman–Crippen MR) is 88.1 cm³/mol. The van der Waals surface area contributed by atoms with Crippen LogP contribution in [0.25, 0.3) is 0 Å². The van der Waals surface area contributed by atoms with Crippen molar-refractivity contribution in [2.24, 2.45) is 0 Å². The summed E-state index contributed by atoms with van der Waals surface area (Å²) in [6, 6.07) is 0. The van der Waals surface area contributed by atoms with Gasteiger partial charge in [-0.1, -0.05) is 0 Å². The first-order chi connectivity index (χ1) is 10.8. The largest absolute Gasteiger partial charge is 0.481 e. The van der Waals surface area contributed by atoms with Crippen molar-refractivity contribution in [3.05, 3.63) is 5.38 Å². The zero-order valence-corrected chi connectivity index (χ0v) is 15.3. The Hall–Kier alpha value is -0.860. The van der Waals surface area contributed by atoms with Gasteiger partial charge in [-0.3, -0.25) is 14.1 Å². The van der Waals surface area contributed by atoms with Crippen LogP contribution in [0.5, 0.6) is 5.88 Å². The minimum atomic E-state index is -3.84. The average Bonchev–Trinajstić information content (AvgIpc) is 2.91. The van der Waals surface area contributed by atoms with Crippen LogP contribution in [-0.4, -0.2) is 46.0 Å². The number of carboxylic acid groups (broad SMARTS) is 1. The van der Waals surface area contributed by atoms with Crippen LogP contribution >= 0.6 is 42.1 Å². The molecule has 0 fully saturated rings. The van der Waals surface area contributed by atoms with Crippen LogP contribution < -0.4 is 9.84 Å². The molecule has 0 radical (unpaired) electrons. The topological polar surface area (TPSA) is 115 Å². The second-order valence-electron chi connectivity index (χ2n) is 4.13. The van der Waals surface area contributed by atoms with Crippen LogP contribution in [0.4, 0.5) is 5.13 Å². The Morgan fingerprint density at radius 2 is 2.22 bits per heavy atom. The van der Waals surface area contributed by atoms with Gasteiger partial charge < -0.3 is 14.9 Å². The van der Waals surface area contributed by atoms with E-state index in [0.717, 1.165) is 11.3 Å². The van der Waals surface area contributed by atoms with E-state index in [1.165, 1.54) is 5.38 Å². The maximum Gasteiger partial charge on any atom is 0.385 e. The number of carbonyl (C=O) groups excluding carboxylic acids is 1. The molecule has 0 aromatic carbocycles. The van der Waals surface area contributed by atoms with Gasteiger partial charge in [-0.25, -0.2) is 4.57 Å². The maximum absolute atomic E-state index is 12.8. The molecule has 2 N–H and O–H groups in total. The molecule has 0 saturated heterocycles. The summed E-state index contributed by atoms with van der Waals surface area (Å²) in [5, 5.41) is 12.9. The fourth-order valence-corrected chi connectivity index (χ4v) is 4.54. The number of amides is 1. The zero-order valence-electron chi connectivity index (χ0n) is 12.0. The van der Waals surface area contributed by atoms with E-state index < -0.39 is 31.6 Å². The van der Waals surface area contributed by atoms with Crippen LogP contribution in [0, 0.1) is 0 Å². The van der Waals surface area contributed by atoms with Gasteiger partial charge in [0.25, 0.3) is 0 Å². The first-order valence-electron chi connectivity index (χ1n) is 6.37. The van der Waals surface area contributed by atoms with E-state index in [0.29, 0.717) is 0 Å². The number of carboxylic acids is 1. The summed E-state index contributed by atoms with van der Waals surface area (Å²) in [5.41, 5.74) is -1.02. The predicted octanol–water partition coefficient (Wildman–Crippen LogP) is 3.01. The van der Waals surface area contributed by atoms with E-state index in [9.17, 15) is 14.2 Å². The minimum Gasteiger partial charge on any atom is -0.481 e. The molecule has 1 aromatic heterocycles. The highest BCUT2D eigenvalue weighted by Crippen LogP contribution is 2.54. The Kier molecular flexibility index (Phi) is 8.28. The number of alkyl halides is 2. The van der Waals surface area contributed by atoms with Crippen molar-refractivity contribution in [2.45, 2.75) is 19.0 Å². The highest BCUT2D eigenvalue weighted by Gasteiger charge is 2.39. The standard InChI is InChI=1S/C11H15Cl2N2O6PS/c1-2-20-22(19,7(4-12)3-10(17)18)21-9-6-23-11(15-9)14-8(16)5-13/h6-7H,2-5H2,1H3,(H,17,18)(H,14,15,16). The van der Waals surface area contributed by atoms with Gasteiger partial charge >= 0.3 is 13.6 Å². The molecule has 1 heterocycles. The molecule has 23 heavy (non-hydrogen) atoms. The number of rotatable bonds is 10. The molecular formula is C11H15Cl2N2O6PS. The fourth-order valence-electron chi connectivity index (χ4n) is 1.48. The van der Waals surface area contributed by atoms with E-state index in [1.807, 2.05) is 0 Å². The van der Waals surface area contributed by atoms with Gasteiger partial charge in [0.15, 0.2) is 5.13 Å². The SMILES string of the molecule is CCOP(=O)(Oc1csc(NC(=O)CCl)n1)C(CCl)CC(=O)O. The molecule has 1 amide bonds. The third kappa shape index (κ3) is 6.27. The molecule has 0 aliphatic heterocycles. The van der Waals surface area contributed by atoms with Gasteiger partial charge in [0.1, 0.15) is 5.88 Å². The number of carbonyl (C=O) groups is 2. The van der Waals surface area contributed by atoms with E-state index in [4.69, 9.17) is 37.4 Å². The Labute approximate surface area is 146 Å². The minimum absolute atomic E-state index is 0.0459. The number of anilines is 1. The second-order valence-corrected chi connectivity index (χ2v) is 7.81. The summed E-state index contributed by atoms with van der Waals surface area (Å²) in [7, 11) is -3.84. The first-order valence-corrected chi connectivity index (χ1v) is 9.93. The summed E-state index contributed by atoms with van der Waals surface area (Å²) in [6.45, 7) is 1.64. The molecule has 8 nitrogen and oxygen atoms in total. The molecule has 0 aliphatic carbocycles. The molecule has 2 unspecified atom stereocenters. The van der Waals surface area contributed by atoms with Crippen molar-refractivity contribution in [3.8, 4) is 5.88 Å². The van der Waals surface area contributed by atoms with Gasteiger partial charge in [0.2, 0.25) is 11.8 Å². The highest BCUT2D eigenvalue weighted by molar-refractivity contribution is 7.55. The first kappa shape index (κ1) is 20.2. The monoisotopic (exact) mass is 404 g/mol. The third-order valence-corrected chi connectivity index (χ3v) is 6.30. The molecule has 1 rings (SSSR count). The summed E-state index contributed by atoms with van der Waals surface area (Å²) < 4.78 is 23.2. The molecule has 0 aliphatic rings. The van der Waals surface area contributed by atoms with Gasteiger partial charge in [-0.15, -0.1) is 34.5 Å². The smallest absolute Gasteiger partial charge is 0.385 e. The van der Waals surface area contributed by atoms with Crippen LogP contribution in [-0.2, 0) is 18.7 Å². The Morgan fingerprint density at radius 3 is 2.74 bits per heavy atom. The number of thiazole rings is 1. The molecule has 12 heteroatoms. The quantitative estimate of drug-likeness (QED) is 0.454. The van der Waals surface area contributed by atoms with Crippen molar-refractivity contribution < 1.29 is 28.3 Å². The van der Waals surface area contributed by atoms with Crippen LogP contribution in [0.1, 0.15) is 13.3 Å². The van der Waals surface area contributed by atoms with Gasteiger partial charge in [0.05, 0.1) is 24.1 Å². The Bertz CT molecular complexity index is 599. The summed E-state index contributed by atoms with van der Waals surface area (Å²) >= 11 is 12.1. The average molecular weight is 405 g/mol. The van der Waals surface area contributed by atoms with E-state index in [2.05, 4.69) is 10.3 Å². The number of aliphatic carboxylic acids is 1. The number of nitrogens with zero attached hydrogens (tertiary/aromatic N) is 1. The van der Waals surface area contributed by atoms with Crippen molar-refractivity contribution in [2.75, 3.05) is 23.7 Å². The normalized spacial score (nSPS) is 14.7. The lowest BCUT2D eigenvalue weighted by Crippen LogP contribution is -2.20. The van der Waals surface area contributed by atoms with Crippen molar-refractivity contribution >= 4 is 59.1 Å². The molecule has 1 aromatic rings. The number of aromatic nitrogens is 1. The van der Waals surface area contributed by atoms with E-state index in [1.54, 1.807) is 6.92 Å². The van der Waals surface area contributed by atoms with Crippen LogP contribution in [0.3, 0.4) is 0 Å². The lowest BCUT2D eigenvalue weighted by Gasteiger charge is -2.23. The molecular weight excluding hydrogens is 390 g/mol. The summed E-state index contributed by atoms with van der Waals surface area (Å²) in [4.78, 5) is 26.0. The number of hydrogen-bond donors (Lipinski definition) is 2. The summed E-state index contributed by atoms with van der Waals surface area (Å²) in [6.07, 6.45) is -0.471. The second kappa shape index (κ2) is 9.44. The van der Waals surface area contributed by atoms with Gasteiger partial charge in [-0.2, -0.15) is 4.98 Å². The van der Waals surface area contributed by atoms with Crippen LogP contribution in [0.15, 0.2) is 5.38 Å². The number of nitrogens with one attached hydrogen (secondary N) is 1. The van der Waals surface area contributed by atoms with Crippen LogP contribution in [0.2, 0.25) is 0 Å². The molecule has 130 valence electrons. The maximum atomic E-state index is 12.8. The molecule has 0 bridgehead atoms. The fraction of sp³-hybridized carbons (Fsp3) is 0.545. The summed E-state index contributed by atoms with van der Waals surface area (Å²) in [5.74, 6) is -2.14. The number of hydrogen-bond acceptors (Lipinski definition) is 7. The Balaban J connectivity index is 2.92. The molecule has 0 saturated carbocycles. The van der Waals surface area contributed by atoms with E-state index in [-0.39, 0.29) is 29.4 Å². The lowest BCUT2D eigenvalue weighted by molar-refractivity contribution is -0.137. The van der Waals surface area contributed by atoms with Crippen molar-refractivity contribution in [3.63, 3.8) is 0 Å². The van der Waals surface area contributed by atoms with Gasteiger partial charge in [-0.05, 0) is 6.92 Å². The lowest BCUT2D eigenvalue weighted by atomic mass is 10.3. The Morgan fingerprint density at radius 1 is 1.52 bits per heavy atom. The molecule has 2 atom stereocenters. The molecule has 0 spiro atoms. The third-order valence-electron chi connectivity index (χ3n) is 2.42. The number of halogens is 2. The highest BCUT2D eigenvalue weighted by atomic mass is 35.5. The van der Waals surface area contributed by atoms with Crippen molar-refractivity contribution in [1.29, 1.82) is 0 Å².